The Balaban J connectivity index is 1.81. The van der Waals surface area contributed by atoms with E-state index >= 15 is 0 Å². The van der Waals surface area contributed by atoms with E-state index < -0.39 is 0 Å². The van der Waals surface area contributed by atoms with Crippen LogP contribution in [0.2, 0.25) is 0 Å². The van der Waals surface area contributed by atoms with Crippen LogP contribution >= 0.6 is 0 Å². The van der Waals surface area contributed by atoms with Gasteiger partial charge in [-0.05, 0) is 31.4 Å². The van der Waals surface area contributed by atoms with Gasteiger partial charge in [0.1, 0.15) is 5.75 Å². The van der Waals surface area contributed by atoms with Crippen LogP contribution in [0.15, 0.2) is 24.3 Å². The molecule has 1 saturated carbocycles. The van der Waals surface area contributed by atoms with Crippen molar-refractivity contribution in [2.24, 2.45) is 5.41 Å². The van der Waals surface area contributed by atoms with Gasteiger partial charge in [-0.15, -0.1) is 0 Å². The van der Waals surface area contributed by atoms with Crippen molar-refractivity contribution in [3.05, 3.63) is 24.3 Å². The molecule has 0 unspecified atom stereocenters. The third-order valence-corrected chi connectivity index (χ3v) is 3.48. The Morgan fingerprint density at radius 2 is 2.25 bits per heavy atom. The van der Waals surface area contributed by atoms with Gasteiger partial charge in [-0.3, -0.25) is 0 Å². The van der Waals surface area contributed by atoms with Gasteiger partial charge < -0.3 is 20.5 Å². The highest BCUT2D eigenvalue weighted by Crippen LogP contribution is 2.44. The minimum atomic E-state index is -0.252. The smallest absolute Gasteiger partial charge is 0.319 e. The second-order valence-electron chi connectivity index (χ2n) is 5.34. The van der Waals surface area contributed by atoms with Crippen LogP contribution in [0.3, 0.4) is 0 Å². The third-order valence-electron chi connectivity index (χ3n) is 3.48. The molecule has 2 amide bonds. The second kappa shape index (κ2) is 6.61. The Labute approximate surface area is 119 Å². The number of carbonyl (C=O) groups excluding carboxylic acids is 1. The summed E-state index contributed by atoms with van der Waals surface area (Å²) in [6.45, 7) is 3.36. The molecule has 2 rings (SSSR count). The molecular weight excluding hydrogens is 256 g/mol. The van der Waals surface area contributed by atoms with E-state index in [0.29, 0.717) is 18.8 Å². The Morgan fingerprint density at radius 3 is 2.90 bits per heavy atom. The number of amides is 2. The normalized spacial score (nSPS) is 15.5. The van der Waals surface area contributed by atoms with E-state index in [9.17, 15) is 9.90 Å². The van der Waals surface area contributed by atoms with Gasteiger partial charge in [0.25, 0.3) is 0 Å². The SMILES string of the molecule is CCCOc1cccc(NC(=O)NCC2(CO)CC2)c1. The molecule has 0 aromatic heterocycles. The summed E-state index contributed by atoms with van der Waals surface area (Å²) in [6.07, 6.45) is 2.90. The highest BCUT2D eigenvalue weighted by atomic mass is 16.5. The zero-order valence-electron chi connectivity index (χ0n) is 11.8. The fourth-order valence-corrected chi connectivity index (χ4v) is 1.89. The molecule has 0 radical (unpaired) electrons. The number of anilines is 1. The number of hydrogen-bond donors (Lipinski definition) is 3. The fourth-order valence-electron chi connectivity index (χ4n) is 1.89. The van der Waals surface area contributed by atoms with Gasteiger partial charge >= 0.3 is 6.03 Å². The molecule has 1 aromatic carbocycles. The molecule has 1 aliphatic rings. The van der Waals surface area contributed by atoms with E-state index in [4.69, 9.17) is 4.74 Å². The summed E-state index contributed by atoms with van der Waals surface area (Å²) in [4.78, 5) is 11.8. The van der Waals surface area contributed by atoms with Crippen LogP contribution in [0.5, 0.6) is 5.75 Å². The van der Waals surface area contributed by atoms with E-state index in [1.165, 1.54) is 0 Å². The van der Waals surface area contributed by atoms with E-state index in [1.807, 2.05) is 25.1 Å². The topological polar surface area (TPSA) is 70.6 Å². The standard InChI is InChI=1S/C15H22N2O3/c1-2-8-20-13-5-3-4-12(9-13)17-14(19)16-10-15(11-18)6-7-15/h3-5,9,18H,2,6-8,10-11H2,1H3,(H2,16,17,19). The van der Waals surface area contributed by atoms with Crippen molar-refractivity contribution in [3.8, 4) is 5.75 Å². The quantitative estimate of drug-likeness (QED) is 0.717. The first kappa shape index (κ1) is 14.7. The summed E-state index contributed by atoms with van der Waals surface area (Å²) in [5.74, 6) is 0.749. The van der Waals surface area contributed by atoms with Gasteiger partial charge in [0.2, 0.25) is 0 Å². The lowest BCUT2D eigenvalue weighted by Gasteiger charge is -2.14. The Kier molecular flexibility index (Phi) is 4.84. The van der Waals surface area contributed by atoms with E-state index in [0.717, 1.165) is 25.0 Å². The van der Waals surface area contributed by atoms with Gasteiger partial charge in [0.05, 0.1) is 13.2 Å². The summed E-state index contributed by atoms with van der Waals surface area (Å²) in [7, 11) is 0. The Bertz CT molecular complexity index is 458. The fraction of sp³-hybridized carbons (Fsp3) is 0.533. The van der Waals surface area contributed by atoms with Gasteiger partial charge in [-0.2, -0.15) is 0 Å². The lowest BCUT2D eigenvalue weighted by atomic mass is 10.1. The molecule has 5 nitrogen and oxygen atoms in total. The van der Waals surface area contributed by atoms with Crippen molar-refractivity contribution in [2.75, 3.05) is 25.1 Å². The molecule has 1 fully saturated rings. The maximum atomic E-state index is 11.8. The predicted octanol–water partition coefficient (Wildman–Crippen LogP) is 2.37. The molecule has 110 valence electrons. The number of benzene rings is 1. The van der Waals surface area contributed by atoms with E-state index in [2.05, 4.69) is 10.6 Å². The summed E-state index contributed by atoms with van der Waals surface area (Å²) in [5.41, 5.74) is 0.619. The van der Waals surface area contributed by atoms with Crippen LogP contribution in [0.25, 0.3) is 0 Å². The highest BCUT2D eigenvalue weighted by molar-refractivity contribution is 5.89. The lowest BCUT2D eigenvalue weighted by Crippen LogP contribution is -2.35. The molecular formula is C15H22N2O3. The van der Waals surface area contributed by atoms with Crippen molar-refractivity contribution in [1.29, 1.82) is 0 Å². The molecule has 0 saturated heterocycles. The van der Waals surface area contributed by atoms with Crippen LogP contribution in [0.1, 0.15) is 26.2 Å². The van der Waals surface area contributed by atoms with Crippen molar-refractivity contribution >= 4 is 11.7 Å². The molecule has 20 heavy (non-hydrogen) atoms. The van der Waals surface area contributed by atoms with Gasteiger partial charge in [-0.25, -0.2) is 4.79 Å². The first-order valence-electron chi connectivity index (χ1n) is 7.06. The average Bonchev–Trinajstić information content (AvgIpc) is 3.24. The molecule has 0 spiro atoms. The van der Waals surface area contributed by atoms with Gasteiger partial charge in [0, 0.05) is 23.7 Å². The number of hydrogen-bond acceptors (Lipinski definition) is 3. The third kappa shape index (κ3) is 4.13. The van der Waals surface area contributed by atoms with Crippen molar-refractivity contribution in [3.63, 3.8) is 0 Å². The molecule has 5 heteroatoms. The van der Waals surface area contributed by atoms with Gasteiger partial charge in [0.15, 0.2) is 0 Å². The first-order chi connectivity index (χ1) is 9.67. The molecule has 0 aliphatic heterocycles. The first-order valence-corrected chi connectivity index (χ1v) is 7.06. The number of nitrogens with one attached hydrogen (secondary N) is 2. The predicted molar refractivity (Wildman–Crippen MR) is 78.0 cm³/mol. The number of rotatable bonds is 7. The summed E-state index contributed by atoms with van der Waals surface area (Å²) >= 11 is 0. The van der Waals surface area contributed by atoms with Crippen LogP contribution in [-0.2, 0) is 0 Å². The van der Waals surface area contributed by atoms with Crippen molar-refractivity contribution < 1.29 is 14.6 Å². The summed E-state index contributed by atoms with van der Waals surface area (Å²) in [5, 5.41) is 14.8. The minimum Gasteiger partial charge on any atom is -0.494 e. The molecule has 0 bridgehead atoms. The van der Waals surface area contributed by atoms with Crippen molar-refractivity contribution in [2.45, 2.75) is 26.2 Å². The molecule has 0 heterocycles. The Hall–Kier alpha value is -1.75. The van der Waals surface area contributed by atoms with Crippen LogP contribution < -0.4 is 15.4 Å². The maximum absolute atomic E-state index is 11.8. The van der Waals surface area contributed by atoms with E-state index in [-0.39, 0.29) is 18.1 Å². The monoisotopic (exact) mass is 278 g/mol. The largest absolute Gasteiger partial charge is 0.494 e. The molecule has 1 aliphatic carbocycles. The van der Waals surface area contributed by atoms with Crippen LogP contribution in [-0.4, -0.2) is 30.9 Å². The second-order valence-corrected chi connectivity index (χ2v) is 5.34. The minimum absolute atomic E-state index is 0.0799. The number of urea groups is 1. The summed E-state index contributed by atoms with van der Waals surface area (Å²) < 4.78 is 5.51. The number of aliphatic hydroxyl groups excluding tert-OH is 1. The lowest BCUT2D eigenvalue weighted by molar-refractivity contribution is 0.206. The van der Waals surface area contributed by atoms with E-state index in [1.54, 1.807) is 6.07 Å². The number of ether oxygens (including phenoxy) is 1. The molecule has 0 atom stereocenters. The molecule has 1 aromatic rings. The average molecular weight is 278 g/mol. The van der Waals surface area contributed by atoms with Gasteiger partial charge in [-0.1, -0.05) is 13.0 Å². The zero-order chi connectivity index (χ0) is 14.4. The van der Waals surface area contributed by atoms with Crippen LogP contribution in [0, 0.1) is 5.41 Å². The maximum Gasteiger partial charge on any atom is 0.319 e. The number of aliphatic hydroxyl groups is 1. The molecule has 3 N–H and O–H groups in total. The Morgan fingerprint density at radius 1 is 1.45 bits per heavy atom. The highest BCUT2D eigenvalue weighted by Gasteiger charge is 2.42. The van der Waals surface area contributed by atoms with Crippen LogP contribution in [0.4, 0.5) is 10.5 Å². The zero-order valence-corrected chi connectivity index (χ0v) is 11.8. The number of carbonyl (C=O) groups is 1. The van der Waals surface area contributed by atoms with Crippen molar-refractivity contribution in [1.82, 2.24) is 5.32 Å². The summed E-state index contributed by atoms with van der Waals surface area (Å²) in [6, 6.07) is 7.07.